The minimum atomic E-state index is -0.359. The van der Waals surface area contributed by atoms with Crippen LogP contribution >= 0.6 is 0 Å². The fraction of sp³-hybridized carbons (Fsp3) is 0.250. The molecule has 3 N–H and O–H groups in total. The van der Waals surface area contributed by atoms with Crippen molar-refractivity contribution < 1.29 is 9.59 Å². The van der Waals surface area contributed by atoms with Crippen molar-refractivity contribution in [1.82, 2.24) is 34.5 Å². The third-order valence-corrected chi connectivity index (χ3v) is 6.62. The smallest absolute Gasteiger partial charge is 0.256 e. The number of likely N-dealkylation sites (tertiary alicyclic amines) is 1. The van der Waals surface area contributed by atoms with Gasteiger partial charge in [-0.3, -0.25) is 9.59 Å². The summed E-state index contributed by atoms with van der Waals surface area (Å²) < 4.78 is 1.83. The lowest BCUT2D eigenvalue weighted by Gasteiger charge is -2.15. The molecule has 0 radical (unpaired) electrons. The molecule has 4 heterocycles. The summed E-state index contributed by atoms with van der Waals surface area (Å²) in [5.74, 6) is 0.204. The minimum Gasteiger partial charge on any atom is -0.383 e. The van der Waals surface area contributed by atoms with E-state index >= 15 is 0 Å². The highest BCUT2D eigenvalue weighted by molar-refractivity contribution is 6.04. The first-order valence-corrected chi connectivity index (χ1v) is 12.7. The van der Waals surface area contributed by atoms with E-state index in [0.29, 0.717) is 59.1 Å². The van der Waals surface area contributed by atoms with Crippen LogP contribution in [0.25, 0.3) is 22.3 Å². The number of fused-ring (bicyclic) bond motifs is 1. The lowest BCUT2D eigenvalue weighted by atomic mass is 10.1. The number of anilines is 2. The highest BCUT2D eigenvalue weighted by Crippen LogP contribution is 2.34. The molecule has 12 nitrogen and oxygen atoms in total. The summed E-state index contributed by atoms with van der Waals surface area (Å²) in [6, 6.07) is 11.9. The Hall–Kier alpha value is -5.15. The maximum atomic E-state index is 12.8. The Bertz CT molecular complexity index is 1640. The van der Waals surface area contributed by atoms with E-state index in [1.807, 2.05) is 40.7 Å². The zero-order valence-corrected chi connectivity index (χ0v) is 22.2. The van der Waals surface area contributed by atoms with Crippen LogP contribution in [0, 0.1) is 11.3 Å². The van der Waals surface area contributed by atoms with Crippen molar-refractivity contribution in [1.29, 1.82) is 5.26 Å². The van der Waals surface area contributed by atoms with E-state index in [2.05, 4.69) is 20.3 Å². The van der Waals surface area contributed by atoms with E-state index in [1.54, 1.807) is 36.4 Å². The predicted octanol–water partition coefficient (Wildman–Crippen LogP) is 2.49. The molecule has 1 aliphatic heterocycles. The van der Waals surface area contributed by atoms with Gasteiger partial charge in [0.15, 0.2) is 5.65 Å². The van der Waals surface area contributed by atoms with Crippen molar-refractivity contribution >= 4 is 34.5 Å². The van der Waals surface area contributed by atoms with Gasteiger partial charge in [0, 0.05) is 43.0 Å². The zero-order chi connectivity index (χ0) is 28.2. The molecule has 4 aromatic rings. The Morgan fingerprint density at radius 3 is 2.75 bits per heavy atom. The highest BCUT2D eigenvalue weighted by Gasteiger charge is 2.30. The van der Waals surface area contributed by atoms with Crippen LogP contribution in [-0.2, 0) is 4.79 Å². The van der Waals surface area contributed by atoms with Gasteiger partial charge in [0.1, 0.15) is 23.7 Å². The SMILES string of the molecule is CN(C)C/C=C/C(=O)N1CC[C@@H](n2nc(-c3ccc(C(=O)Nc4cc(C#N)ccn4)cc3)c3c(N)ncnc32)C1. The molecule has 2 amide bonds. The number of nitrogens with two attached hydrogens (primary N) is 1. The minimum absolute atomic E-state index is 0.0291. The Kier molecular flexibility index (Phi) is 7.48. The molecule has 1 aromatic carbocycles. The highest BCUT2D eigenvalue weighted by atomic mass is 16.2. The Morgan fingerprint density at radius 2 is 2.00 bits per heavy atom. The molecular formula is C28H28N10O2. The largest absolute Gasteiger partial charge is 0.383 e. The second-order valence-corrected chi connectivity index (χ2v) is 9.72. The summed E-state index contributed by atoms with van der Waals surface area (Å²) in [7, 11) is 3.90. The van der Waals surface area contributed by atoms with Crippen LogP contribution in [0.3, 0.4) is 0 Å². The maximum absolute atomic E-state index is 12.8. The van der Waals surface area contributed by atoms with E-state index < -0.39 is 0 Å². The van der Waals surface area contributed by atoms with Crippen molar-refractivity contribution in [3.8, 4) is 17.3 Å². The van der Waals surface area contributed by atoms with Crippen LogP contribution in [-0.4, -0.2) is 80.1 Å². The van der Waals surface area contributed by atoms with Crippen molar-refractivity contribution in [2.75, 3.05) is 44.8 Å². The Labute approximate surface area is 230 Å². The summed E-state index contributed by atoms with van der Waals surface area (Å²) in [4.78, 5) is 42.0. The number of rotatable bonds is 7. The van der Waals surface area contributed by atoms with E-state index in [4.69, 9.17) is 16.1 Å². The molecule has 12 heteroatoms. The second kappa shape index (κ2) is 11.3. The predicted molar refractivity (Wildman–Crippen MR) is 150 cm³/mol. The molecular weight excluding hydrogens is 508 g/mol. The molecule has 1 atom stereocenters. The summed E-state index contributed by atoms with van der Waals surface area (Å²) in [6.45, 7) is 1.81. The molecule has 5 rings (SSSR count). The van der Waals surface area contributed by atoms with Crippen molar-refractivity contribution in [2.24, 2.45) is 0 Å². The van der Waals surface area contributed by atoms with Crippen LogP contribution in [0.5, 0.6) is 0 Å². The molecule has 1 fully saturated rings. The molecule has 1 aliphatic rings. The van der Waals surface area contributed by atoms with Gasteiger partial charge in [0.2, 0.25) is 5.91 Å². The average Bonchev–Trinajstić information content (AvgIpc) is 3.59. The molecule has 0 saturated carbocycles. The van der Waals surface area contributed by atoms with Gasteiger partial charge in [-0.1, -0.05) is 18.2 Å². The lowest BCUT2D eigenvalue weighted by Crippen LogP contribution is -2.28. The lowest BCUT2D eigenvalue weighted by molar-refractivity contribution is -0.125. The molecule has 40 heavy (non-hydrogen) atoms. The topological polar surface area (TPSA) is 159 Å². The van der Waals surface area contributed by atoms with Gasteiger partial charge in [0.05, 0.1) is 23.1 Å². The van der Waals surface area contributed by atoms with Crippen LogP contribution in [0.15, 0.2) is 61.1 Å². The molecule has 3 aromatic heterocycles. The number of pyridine rings is 1. The third kappa shape index (κ3) is 5.50. The number of likely N-dealkylation sites (N-methyl/N-ethyl adjacent to an activating group) is 1. The first kappa shape index (κ1) is 26.5. The maximum Gasteiger partial charge on any atom is 0.256 e. The number of nitriles is 1. The average molecular weight is 537 g/mol. The Morgan fingerprint density at radius 1 is 1.20 bits per heavy atom. The number of carbonyl (C=O) groups excluding carboxylic acids is 2. The van der Waals surface area contributed by atoms with Crippen LogP contribution in [0.2, 0.25) is 0 Å². The quantitative estimate of drug-likeness (QED) is 0.338. The van der Waals surface area contributed by atoms with Gasteiger partial charge < -0.3 is 20.9 Å². The number of benzene rings is 1. The molecule has 0 spiro atoms. The van der Waals surface area contributed by atoms with Gasteiger partial charge in [0.25, 0.3) is 5.91 Å². The number of carbonyl (C=O) groups is 2. The molecule has 0 bridgehead atoms. The normalized spacial score (nSPS) is 15.2. The molecule has 0 unspecified atom stereocenters. The number of nitrogens with zero attached hydrogens (tertiary/aromatic N) is 8. The molecule has 1 saturated heterocycles. The van der Waals surface area contributed by atoms with Crippen molar-refractivity contribution in [3.05, 3.63) is 72.2 Å². The summed E-state index contributed by atoms with van der Waals surface area (Å²) in [5.41, 5.74) is 9.01. The number of amides is 2. The van der Waals surface area contributed by atoms with Gasteiger partial charge in [-0.2, -0.15) is 10.4 Å². The van der Waals surface area contributed by atoms with Gasteiger partial charge in [-0.25, -0.2) is 19.6 Å². The number of aromatic nitrogens is 5. The van der Waals surface area contributed by atoms with Gasteiger partial charge in [-0.05, 0) is 44.8 Å². The van der Waals surface area contributed by atoms with Crippen LogP contribution < -0.4 is 11.1 Å². The molecule has 0 aliphatic carbocycles. The van der Waals surface area contributed by atoms with E-state index in [-0.39, 0.29) is 17.9 Å². The fourth-order valence-electron chi connectivity index (χ4n) is 4.60. The van der Waals surface area contributed by atoms with E-state index in [0.717, 1.165) is 12.0 Å². The summed E-state index contributed by atoms with van der Waals surface area (Å²) >= 11 is 0. The first-order valence-electron chi connectivity index (χ1n) is 12.7. The number of nitrogen functional groups attached to an aromatic ring is 1. The molecule has 202 valence electrons. The van der Waals surface area contributed by atoms with Crippen LogP contribution in [0.1, 0.15) is 28.4 Å². The van der Waals surface area contributed by atoms with Gasteiger partial charge in [-0.15, -0.1) is 0 Å². The summed E-state index contributed by atoms with van der Waals surface area (Å²) in [5, 5.41) is 17.3. The van der Waals surface area contributed by atoms with Crippen molar-refractivity contribution in [2.45, 2.75) is 12.5 Å². The number of hydrogen-bond acceptors (Lipinski definition) is 9. The second-order valence-electron chi connectivity index (χ2n) is 9.72. The first-order chi connectivity index (χ1) is 19.3. The fourth-order valence-corrected chi connectivity index (χ4v) is 4.60. The van der Waals surface area contributed by atoms with Crippen LogP contribution in [0.4, 0.5) is 11.6 Å². The van der Waals surface area contributed by atoms with E-state index in [9.17, 15) is 9.59 Å². The van der Waals surface area contributed by atoms with Crippen molar-refractivity contribution in [3.63, 3.8) is 0 Å². The third-order valence-electron chi connectivity index (χ3n) is 6.62. The zero-order valence-electron chi connectivity index (χ0n) is 22.2. The number of nitrogens with one attached hydrogen (secondary N) is 1. The standard InChI is InChI=1S/C28H28N10O2/c1-36(2)12-3-4-23(39)37-13-10-21(16-37)38-27-24(26(30)32-17-33-27)25(35-38)19-5-7-20(8-6-19)28(40)34-22-14-18(15-29)9-11-31-22/h3-9,11,14,17,21H,10,12-13,16H2,1-2H3,(H2,30,32,33)(H,31,34,40)/b4-3+/t21-/m1/s1. The monoisotopic (exact) mass is 536 g/mol. The summed E-state index contributed by atoms with van der Waals surface area (Å²) in [6.07, 6.45) is 7.07. The van der Waals surface area contributed by atoms with E-state index in [1.165, 1.54) is 18.6 Å². The number of hydrogen-bond donors (Lipinski definition) is 2. The van der Waals surface area contributed by atoms with Gasteiger partial charge >= 0.3 is 0 Å². The Balaban J connectivity index is 1.38.